The lowest BCUT2D eigenvalue weighted by Gasteiger charge is -2.44. The Hall–Kier alpha value is -2.19. The van der Waals surface area contributed by atoms with Gasteiger partial charge in [-0.25, -0.2) is 0 Å². The second-order valence-electron chi connectivity index (χ2n) is 7.14. The van der Waals surface area contributed by atoms with E-state index in [9.17, 15) is 20.0 Å². The Morgan fingerprint density at radius 2 is 1.76 bits per heavy atom. The molecule has 1 N–H and O–H groups in total. The van der Waals surface area contributed by atoms with Crippen molar-refractivity contribution in [2.75, 3.05) is 32.7 Å². The highest BCUT2D eigenvalue weighted by molar-refractivity contribution is 5.85. The van der Waals surface area contributed by atoms with Crippen molar-refractivity contribution in [1.82, 2.24) is 9.38 Å². The number of phenols is 1. The highest BCUT2D eigenvalue weighted by Gasteiger charge is 2.40. The van der Waals surface area contributed by atoms with Crippen LogP contribution in [-0.2, 0) is 11.3 Å². The molecule has 1 aliphatic rings. The number of carbonyl (C=O) groups excluding carboxylic acids is 1. The number of nitro benzene ring substituents is 1. The summed E-state index contributed by atoms with van der Waals surface area (Å²) in [4.78, 5) is 24.8. The maximum absolute atomic E-state index is 11.7. The zero-order valence-electron chi connectivity index (χ0n) is 16.2. The Kier molecular flexibility index (Phi) is 9.04. The quantitative estimate of drug-likeness (QED) is 0.420. The van der Waals surface area contributed by atoms with Gasteiger partial charge in [0.15, 0.2) is 0 Å². The normalized spacial score (nSPS) is 15.6. The van der Waals surface area contributed by atoms with E-state index in [0.29, 0.717) is 49.4 Å². The van der Waals surface area contributed by atoms with Gasteiger partial charge in [0.25, 0.3) is 0 Å². The summed E-state index contributed by atoms with van der Waals surface area (Å²) in [6.07, 6.45) is 0. The molecule has 0 unspecified atom stereocenters. The fraction of sp³-hybridized carbons (Fsp3) is 0.350. The molecule has 2 aromatic rings. The van der Waals surface area contributed by atoms with Gasteiger partial charge in [-0.1, -0.05) is 30.3 Å². The molecule has 158 valence electrons. The lowest BCUT2D eigenvalue weighted by molar-refractivity contribution is -0.385. The molecule has 9 heteroatoms. The minimum absolute atomic E-state index is 0. The van der Waals surface area contributed by atoms with E-state index in [4.69, 9.17) is 0 Å². The van der Waals surface area contributed by atoms with E-state index < -0.39 is 4.92 Å². The highest BCUT2D eigenvalue weighted by atomic mass is 35.5. The molecule has 0 aromatic heterocycles. The fourth-order valence-corrected chi connectivity index (χ4v) is 3.84. The predicted molar refractivity (Wildman–Crippen MR) is 118 cm³/mol. The van der Waals surface area contributed by atoms with E-state index in [2.05, 4.69) is 4.90 Å². The second-order valence-corrected chi connectivity index (χ2v) is 7.14. The Balaban J connectivity index is 0.00000210. The first-order valence-electron chi connectivity index (χ1n) is 8.99. The molecule has 0 radical (unpaired) electrons. The Morgan fingerprint density at radius 3 is 2.31 bits per heavy atom. The predicted octanol–water partition coefficient (Wildman–Crippen LogP) is 3.56. The summed E-state index contributed by atoms with van der Waals surface area (Å²) in [5.74, 6) is 0.00667. The molecule has 0 aliphatic carbocycles. The topological polar surface area (TPSA) is 83.7 Å². The minimum Gasteiger partial charge on any atom is -0.508 e. The molecule has 29 heavy (non-hydrogen) atoms. The van der Waals surface area contributed by atoms with Crippen LogP contribution in [0.25, 0.3) is 0 Å². The molecule has 0 saturated carbocycles. The molecule has 1 heterocycles. The SMILES string of the molecule is CC(=O)CN1CC[N+](Cc2ccccc2)(c2ccc(O)cc2[N+](=O)[O-])CC1.Cl.Cl. The van der Waals surface area contributed by atoms with E-state index in [1.807, 2.05) is 30.3 Å². The van der Waals surface area contributed by atoms with Crippen molar-refractivity contribution in [3.05, 3.63) is 64.2 Å². The van der Waals surface area contributed by atoms with E-state index in [-0.39, 0.29) is 42.0 Å². The van der Waals surface area contributed by atoms with Crippen molar-refractivity contribution < 1.29 is 14.8 Å². The van der Waals surface area contributed by atoms with Gasteiger partial charge >= 0.3 is 5.69 Å². The van der Waals surface area contributed by atoms with E-state index in [1.54, 1.807) is 13.0 Å². The van der Waals surface area contributed by atoms with Gasteiger partial charge in [-0.3, -0.25) is 24.3 Å². The molecule has 1 fully saturated rings. The van der Waals surface area contributed by atoms with Gasteiger partial charge < -0.3 is 5.11 Å². The molecule has 2 aromatic carbocycles. The zero-order valence-corrected chi connectivity index (χ0v) is 17.8. The van der Waals surface area contributed by atoms with Gasteiger partial charge in [-0.15, -0.1) is 24.8 Å². The number of phenolic OH excluding ortho intramolecular Hbond substituents is 1. The number of nitrogens with zero attached hydrogens (tertiary/aromatic N) is 3. The average Bonchev–Trinajstić information content (AvgIpc) is 2.64. The number of benzene rings is 2. The fourth-order valence-electron chi connectivity index (χ4n) is 3.84. The van der Waals surface area contributed by atoms with Gasteiger partial charge in [-0.2, -0.15) is 0 Å². The lowest BCUT2D eigenvalue weighted by Crippen LogP contribution is -2.60. The summed E-state index contributed by atoms with van der Waals surface area (Å²) in [6.45, 7) is 5.30. The van der Waals surface area contributed by atoms with Crippen LogP contribution in [0.5, 0.6) is 5.75 Å². The van der Waals surface area contributed by atoms with Gasteiger partial charge in [0, 0.05) is 24.7 Å². The largest absolute Gasteiger partial charge is 0.508 e. The van der Waals surface area contributed by atoms with Gasteiger partial charge in [-0.05, 0) is 13.0 Å². The number of aromatic hydroxyl groups is 1. The first-order valence-corrected chi connectivity index (χ1v) is 8.99. The average molecular weight is 443 g/mol. The summed E-state index contributed by atoms with van der Waals surface area (Å²) >= 11 is 0. The number of nitro groups is 1. The number of rotatable bonds is 6. The number of Topliss-reactive ketones (excluding diaryl/α,β-unsaturated/α-hetero) is 1. The van der Waals surface area contributed by atoms with Crippen molar-refractivity contribution in [3.63, 3.8) is 0 Å². The van der Waals surface area contributed by atoms with Crippen molar-refractivity contribution >= 4 is 42.0 Å². The third-order valence-corrected chi connectivity index (χ3v) is 5.13. The van der Waals surface area contributed by atoms with E-state index >= 15 is 0 Å². The number of piperazine rings is 1. The number of carbonyl (C=O) groups is 1. The summed E-state index contributed by atoms with van der Waals surface area (Å²) in [5, 5.41) is 21.4. The van der Waals surface area contributed by atoms with Crippen LogP contribution in [-0.4, -0.2) is 53.4 Å². The zero-order chi connectivity index (χ0) is 19.4. The Labute approximate surface area is 182 Å². The van der Waals surface area contributed by atoms with Crippen LogP contribution >= 0.6 is 24.8 Å². The van der Waals surface area contributed by atoms with Crippen molar-refractivity contribution in [1.29, 1.82) is 0 Å². The molecular weight excluding hydrogens is 417 g/mol. The van der Waals surface area contributed by atoms with Crippen LogP contribution in [0.4, 0.5) is 11.4 Å². The van der Waals surface area contributed by atoms with E-state index in [0.717, 1.165) is 5.56 Å². The van der Waals surface area contributed by atoms with Gasteiger partial charge in [0.1, 0.15) is 18.1 Å². The van der Waals surface area contributed by atoms with Crippen molar-refractivity contribution in [3.8, 4) is 5.75 Å². The molecular formula is C20H26Cl2N3O4+. The number of quaternary nitrogens is 1. The summed E-state index contributed by atoms with van der Waals surface area (Å²) in [7, 11) is 0. The Bertz CT molecular complexity index is 841. The first kappa shape index (κ1) is 24.8. The highest BCUT2D eigenvalue weighted by Crippen LogP contribution is 2.38. The molecule has 3 rings (SSSR count). The van der Waals surface area contributed by atoms with Crippen molar-refractivity contribution in [2.24, 2.45) is 0 Å². The summed E-state index contributed by atoms with van der Waals surface area (Å²) in [6, 6.07) is 14.3. The van der Waals surface area contributed by atoms with Crippen LogP contribution in [0.2, 0.25) is 0 Å². The third kappa shape index (κ3) is 5.90. The van der Waals surface area contributed by atoms with Gasteiger partial charge in [0.05, 0.1) is 30.6 Å². The van der Waals surface area contributed by atoms with Crippen LogP contribution < -0.4 is 4.48 Å². The van der Waals surface area contributed by atoms with Crippen LogP contribution in [0, 0.1) is 10.1 Å². The number of hydrogen-bond donors (Lipinski definition) is 1. The van der Waals surface area contributed by atoms with Crippen molar-refractivity contribution in [2.45, 2.75) is 13.5 Å². The Morgan fingerprint density at radius 1 is 1.14 bits per heavy atom. The van der Waals surface area contributed by atoms with Gasteiger partial charge in [0.2, 0.25) is 5.69 Å². The molecule has 1 saturated heterocycles. The van der Waals surface area contributed by atoms with Crippen LogP contribution in [0.1, 0.15) is 12.5 Å². The maximum atomic E-state index is 11.7. The smallest absolute Gasteiger partial charge is 0.333 e. The number of ketones is 1. The van der Waals surface area contributed by atoms with E-state index in [1.165, 1.54) is 12.1 Å². The molecule has 0 atom stereocenters. The molecule has 0 spiro atoms. The number of halogens is 2. The standard InChI is InChI=1S/C20H23N3O4.2ClH/c1-16(24)14-21-9-11-23(12-10-21,15-17-5-3-2-4-6-17)20-8-7-18(25)13-19(20)22(26)27;;/h2-8,13H,9-12,14-15H2,1H3;2*1H/p+1. The molecule has 0 amide bonds. The minimum atomic E-state index is -0.429. The van der Waals surface area contributed by atoms with Crippen LogP contribution in [0.3, 0.4) is 0 Å². The van der Waals surface area contributed by atoms with Crippen LogP contribution in [0.15, 0.2) is 48.5 Å². The third-order valence-electron chi connectivity index (χ3n) is 5.13. The monoisotopic (exact) mass is 442 g/mol. The molecule has 1 aliphatic heterocycles. The second kappa shape index (κ2) is 10.5. The lowest BCUT2D eigenvalue weighted by atomic mass is 10.1. The maximum Gasteiger partial charge on any atom is 0.333 e. The molecule has 0 bridgehead atoms. The summed E-state index contributed by atoms with van der Waals surface area (Å²) in [5.41, 5.74) is 1.63. The first-order chi connectivity index (χ1) is 12.9. The summed E-state index contributed by atoms with van der Waals surface area (Å²) < 4.78 is 0.426. The molecule has 7 nitrogen and oxygen atoms in total. The number of hydrogen-bond acceptors (Lipinski definition) is 5.